The quantitative estimate of drug-likeness (QED) is 0.252. The van der Waals surface area contributed by atoms with Crippen LogP contribution in [0.3, 0.4) is 0 Å². The molecule has 4 N–H and O–H groups in total. The highest BCUT2D eigenvalue weighted by atomic mass is 31.2. The fraction of sp³-hybridized carbons (Fsp3) is 0.800. The smallest absolute Gasteiger partial charge is 0.377 e. The second-order valence-corrected chi connectivity index (χ2v) is 7.58. The van der Waals surface area contributed by atoms with Crippen molar-refractivity contribution >= 4 is 15.4 Å². The Balaban J connectivity index is 4.81. The van der Waals surface area contributed by atoms with E-state index in [2.05, 4.69) is 11.1 Å². The lowest BCUT2D eigenvalue weighted by Gasteiger charge is -2.32. The summed E-state index contributed by atoms with van der Waals surface area (Å²) in [5.41, 5.74) is -0.870. The minimum absolute atomic E-state index is 0.0327. The van der Waals surface area contributed by atoms with E-state index in [4.69, 9.17) is 24.3 Å². The van der Waals surface area contributed by atoms with Crippen LogP contribution in [0.5, 0.6) is 0 Å². The third kappa shape index (κ3) is 9.80. The van der Waals surface area contributed by atoms with Gasteiger partial charge in [-0.1, -0.05) is 13.0 Å². The second kappa shape index (κ2) is 8.41. The SMILES string of the molecule is C=CCOCC(CC)(CCP(=O)(O)O)COP(=O)(O)O. The van der Waals surface area contributed by atoms with Gasteiger partial charge < -0.3 is 24.3 Å². The molecule has 0 fully saturated rings. The van der Waals surface area contributed by atoms with E-state index in [-0.39, 0.29) is 26.2 Å². The Morgan fingerprint density at radius 2 is 1.80 bits per heavy atom. The number of ether oxygens (including phenoxy) is 1. The van der Waals surface area contributed by atoms with Crippen LogP contribution in [0, 0.1) is 5.41 Å². The monoisotopic (exact) mass is 332 g/mol. The van der Waals surface area contributed by atoms with Gasteiger partial charge in [0, 0.05) is 5.41 Å². The Morgan fingerprint density at radius 1 is 1.20 bits per heavy atom. The normalized spacial score (nSPS) is 15.8. The maximum absolute atomic E-state index is 11.0. The van der Waals surface area contributed by atoms with Crippen LogP contribution in [0.25, 0.3) is 0 Å². The largest absolute Gasteiger partial charge is 0.469 e. The van der Waals surface area contributed by atoms with E-state index < -0.39 is 27.0 Å². The molecule has 120 valence electrons. The maximum Gasteiger partial charge on any atom is 0.469 e. The first-order valence-corrected chi connectivity index (χ1v) is 9.30. The first kappa shape index (κ1) is 20.0. The third-order valence-electron chi connectivity index (χ3n) is 2.87. The fourth-order valence-electron chi connectivity index (χ4n) is 1.53. The van der Waals surface area contributed by atoms with Gasteiger partial charge in [-0.2, -0.15) is 0 Å². The van der Waals surface area contributed by atoms with Crippen molar-refractivity contribution < 1.29 is 38.0 Å². The molecule has 0 aliphatic rings. The predicted octanol–water partition coefficient (Wildman–Crippen LogP) is 1.26. The Labute approximate surface area is 118 Å². The highest BCUT2D eigenvalue weighted by molar-refractivity contribution is 7.51. The lowest BCUT2D eigenvalue weighted by Crippen LogP contribution is -2.32. The average molecular weight is 332 g/mol. The van der Waals surface area contributed by atoms with Crippen molar-refractivity contribution in [2.75, 3.05) is 26.0 Å². The van der Waals surface area contributed by atoms with Crippen LogP contribution in [-0.2, 0) is 18.4 Å². The Morgan fingerprint density at radius 3 is 2.20 bits per heavy atom. The molecule has 1 atom stereocenters. The van der Waals surface area contributed by atoms with Crippen LogP contribution < -0.4 is 0 Å². The molecule has 10 heteroatoms. The van der Waals surface area contributed by atoms with E-state index in [1.807, 2.05) is 0 Å². The van der Waals surface area contributed by atoms with Gasteiger partial charge in [0.25, 0.3) is 0 Å². The number of phosphoric acid groups is 1. The summed E-state index contributed by atoms with van der Waals surface area (Å²) in [7, 11) is -8.85. The molecular formula is C10H22O8P2. The summed E-state index contributed by atoms with van der Waals surface area (Å²) in [5, 5.41) is 0. The zero-order valence-corrected chi connectivity index (χ0v) is 13.1. The molecule has 8 nitrogen and oxygen atoms in total. The summed E-state index contributed by atoms with van der Waals surface area (Å²) in [6.07, 6.45) is 1.53. The summed E-state index contributed by atoms with van der Waals surface area (Å²) in [6.45, 7) is 5.16. The number of phosphoric ester groups is 1. The van der Waals surface area contributed by atoms with Crippen molar-refractivity contribution in [3.8, 4) is 0 Å². The van der Waals surface area contributed by atoms with Crippen LogP contribution in [0.4, 0.5) is 0 Å². The third-order valence-corrected chi connectivity index (χ3v) is 4.14. The van der Waals surface area contributed by atoms with Crippen molar-refractivity contribution in [3.05, 3.63) is 12.7 Å². The van der Waals surface area contributed by atoms with Crippen LogP contribution in [-0.4, -0.2) is 45.6 Å². The van der Waals surface area contributed by atoms with Crippen LogP contribution in [0.1, 0.15) is 19.8 Å². The maximum atomic E-state index is 11.0. The molecule has 1 unspecified atom stereocenters. The Bertz CT molecular complexity index is 359. The van der Waals surface area contributed by atoms with Gasteiger partial charge in [0.2, 0.25) is 0 Å². The van der Waals surface area contributed by atoms with Crippen molar-refractivity contribution in [3.63, 3.8) is 0 Å². The molecule has 0 aromatic rings. The van der Waals surface area contributed by atoms with Crippen molar-refractivity contribution in [1.82, 2.24) is 0 Å². The predicted molar refractivity (Wildman–Crippen MR) is 73.3 cm³/mol. The highest BCUT2D eigenvalue weighted by Gasteiger charge is 2.34. The van der Waals surface area contributed by atoms with E-state index in [0.29, 0.717) is 6.42 Å². The van der Waals surface area contributed by atoms with E-state index in [1.54, 1.807) is 6.92 Å². The van der Waals surface area contributed by atoms with Gasteiger partial charge in [-0.05, 0) is 12.8 Å². The van der Waals surface area contributed by atoms with Gasteiger partial charge >= 0.3 is 15.4 Å². The minimum atomic E-state index is -4.65. The summed E-state index contributed by atoms with van der Waals surface area (Å²) >= 11 is 0. The van der Waals surface area contributed by atoms with Gasteiger partial charge in [-0.25, -0.2) is 4.57 Å². The topological polar surface area (TPSA) is 134 Å². The summed E-state index contributed by atoms with van der Waals surface area (Å²) < 4.78 is 31.5. The van der Waals surface area contributed by atoms with Gasteiger partial charge in [-0.15, -0.1) is 6.58 Å². The number of hydrogen-bond acceptors (Lipinski definition) is 4. The molecule has 0 rings (SSSR count). The Kier molecular flexibility index (Phi) is 8.40. The fourth-order valence-corrected chi connectivity index (χ4v) is 2.74. The molecule has 0 aliphatic heterocycles. The molecule has 20 heavy (non-hydrogen) atoms. The van der Waals surface area contributed by atoms with Crippen LogP contribution in [0.2, 0.25) is 0 Å². The molecule has 0 heterocycles. The van der Waals surface area contributed by atoms with E-state index in [0.717, 1.165) is 0 Å². The summed E-state index contributed by atoms with van der Waals surface area (Å²) in [6, 6.07) is 0. The zero-order valence-electron chi connectivity index (χ0n) is 11.3. The van der Waals surface area contributed by atoms with Gasteiger partial charge in [0.05, 0.1) is 26.0 Å². The first-order chi connectivity index (χ1) is 9.04. The van der Waals surface area contributed by atoms with Crippen LogP contribution >= 0.6 is 15.4 Å². The molecule has 0 saturated carbocycles. The highest BCUT2D eigenvalue weighted by Crippen LogP contribution is 2.44. The second-order valence-electron chi connectivity index (χ2n) is 4.56. The molecule has 0 aromatic carbocycles. The standard InChI is InChI=1S/C10H22O8P2/c1-3-6-17-8-10(4-2,5-7-19(11,12)13)9-18-20(14,15)16/h3H,1,4-9H2,2H3,(H2,11,12,13)(H2,14,15,16). The van der Waals surface area contributed by atoms with Crippen molar-refractivity contribution in [2.24, 2.45) is 5.41 Å². The lowest BCUT2D eigenvalue weighted by molar-refractivity contribution is 0.0103. The summed E-state index contributed by atoms with van der Waals surface area (Å²) in [5.74, 6) is 0. The van der Waals surface area contributed by atoms with E-state index in [9.17, 15) is 9.13 Å². The van der Waals surface area contributed by atoms with Gasteiger partial charge in [-0.3, -0.25) is 9.09 Å². The Hall–Kier alpha value is -0.0400. The molecule has 0 saturated heterocycles. The first-order valence-electron chi connectivity index (χ1n) is 5.97. The number of rotatable bonds is 11. The van der Waals surface area contributed by atoms with E-state index >= 15 is 0 Å². The molecule has 0 aromatic heterocycles. The lowest BCUT2D eigenvalue weighted by atomic mass is 9.84. The van der Waals surface area contributed by atoms with Crippen molar-refractivity contribution in [1.29, 1.82) is 0 Å². The molecular weight excluding hydrogens is 310 g/mol. The molecule has 0 spiro atoms. The molecule has 0 amide bonds. The molecule has 0 bridgehead atoms. The minimum Gasteiger partial charge on any atom is -0.377 e. The van der Waals surface area contributed by atoms with Crippen molar-refractivity contribution in [2.45, 2.75) is 19.8 Å². The molecule has 0 radical (unpaired) electrons. The van der Waals surface area contributed by atoms with Gasteiger partial charge in [0.1, 0.15) is 0 Å². The average Bonchev–Trinajstić information content (AvgIpc) is 2.30. The molecule has 0 aliphatic carbocycles. The summed E-state index contributed by atoms with van der Waals surface area (Å²) in [4.78, 5) is 35.4. The van der Waals surface area contributed by atoms with E-state index in [1.165, 1.54) is 6.08 Å². The number of hydrogen-bond donors (Lipinski definition) is 4. The zero-order chi connectivity index (χ0) is 15.9. The van der Waals surface area contributed by atoms with Gasteiger partial charge in [0.15, 0.2) is 0 Å². The van der Waals surface area contributed by atoms with Crippen LogP contribution in [0.15, 0.2) is 12.7 Å².